The minimum absolute atomic E-state index is 0.249. The van der Waals surface area contributed by atoms with E-state index in [1.807, 2.05) is 13.8 Å². The zero-order valence-corrected chi connectivity index (χ0v) is 14.3. The Balaban J connectivity index is 1.82. The normalized spacial score (nSPS) is 17.1. The first-order chi connectivity index (χ1) is 11.1. The van der Waals surface area contributed by atoms with Gasteiger partial charge in [0.15, 0.2) is 0 Å². The average molecular weight is 313 g/mol. The van der Waals surface area contributed by atoms with Crippen molar-refractivity contribution in [2.75, 3.05) is 0 Å². The third kappa shape index (κ3) is 3.84. The van der Waals surface area contributed by atoms with Crippen molar-refractivity contribution in [2.45, 2.75) is 71.4 Å². The van der Waals surface area contributed by atoms with Crippen LogP contribution in [0.3, 0.4) is 0 Å². The zero-order chi connectivity index (χ0) is 16.2. The topological polar surface area (TPSA) is 42.2 Å². The fraction of sp³-hybridized carbons (Fsp3) is 0.550. The SMILES string of the molecule is Cc1ccc2c(CNC3CCCCCCC3)cc(=O)oc2c1C. The molecule has 1 heterocycles. The van der Waals surface area contributed by atoms with Crippen LogP contribution in [0.2, 0.25) is 0 Å². The van der Waals surface area contributed by atoms with Gasteiger partial charge in [0.2, 0.25) is 0 Å². The molecule has 0 atom stereocenters. The second-order valence-corrected chi connectivity index (χ2v) is 6.90. The van der Waals surface area contributed by atoms with Gasteiger partial charge in [0, 0.05) is 24.0 Å². The Morgan fingerprint density at radius 3 is 2.52 bits per heavy atom. The van der Waals surface area contributed by atoms with E-state index in [0.717, 1.165) is 34.2 Å². The molecule has 1 aromatic heterocycles. The fourth-order valence-electron chi connectivity index (χ4n) is 3.59. The van der Waals surface area contributed by atoms with Crippen molar-refractivity contribution < 1.29 is 4.42 Å². The predicted octanol–water partition coefficient (Wildman–Crippen LogP) is 4.61. The van der Waals surface area contributed by atoms with Crippen LogP contribution in [-0.4, -0.2) is 6.04 Å². The molecular formula is C20H27NO2. The molecule has 23 heavy (non-hydrogen) atoms. The molecule has 1 aliphatic rings. The van der Waals surface area contributed by atoms with E-state index in [0.29, 0.717) is 6.04 Å². The van der Waals surface area contributed by atoms with E-state index < -0.39 is 0 Å². The lowest BCUT2D eigenvalue weighted by Gasteiger charge is -2.21. The van der Waals surface area contributed by atoms with Gasteiger partial charge < -0.3 is 9.73 Å². The standard InChI is InChI=1S/C20H27NO2/c1-14-10-11-18-16(12-19(22)23-20(18)15(14)2)13-21-17-8-6-4-3-5-7-9-17/h10-12,17,21H,3-9,13H2,1-2H3. The molecule has 0 amide bonds. The van der Waals surface area contributed by atoms with Crippen LogP contribution in [0.15, 0.2) is 27.4 Å². The first-order valence-corrected chi connectivity index (χ1v) is 8.91. The Bertz CT molecular complexity index is 724. The Hall–Kier alpha value is -1.61. The van der Waals surface area contributed by atoms with Crippen LogP contribution in [0.25, 0.3) is 11.0 Å². The van der Waals surface area contributed by atoms with Crippen molar-refractivity contribution >= 4 is 11.0 Å². The number of hydrogen-bond donors (Lipinski definition) is 1. The third-order valence-corrected chi connectivity index (χ3v) is 5.20. The molecule has 1 fully saturated rings. The van der Waals surface area contributed by atoms with Gasteiger partial charge in [-0.15, -0.1) is 0 Å². The minimum Gasteiger partial charge on any atom is -0.422 e. The molecule has 1 aromatic carbocycles. The minimum atomic E-state index is -0.249. The number of benzene rings is 1. The molecule has 0 radical (unpaired) electrons. The van der Waals surface area contributed by atoms with Crippen molar-refractivity contribution in [1.82, 2.24) is 5.32 Å². The maximum Gasteiger partial charge on any atom is 0.336 e. The number of aryl methyl sites for hydroxylation is 2. The zero-order valence-electron chi connectivity index (χ0n) is 14.3. The molecule has 1 saturated carbocycles. The molecular weight excluding hydrogens is 286 g/mol. The highest BCUT2D eigenvalue weighted by Crippen LogP contribution is 2.24. The summed E-state index contributed by atoms with van der Waals surface area (Å²) >= 11 is 0. The van der Waals surface area contributed by atoms with Gasteiger partial charge in [-0.05, 0) is 43.4 Å². The fourth-order valence-corrected chi connectivity index (χ4v) is 3.59. The lowest BCUT2D eigenvalue weighted by Crippen LogP contribution is -2.29. The number of hydrogen-bond acceptors (Lipinski definition) is 3. The van der Waals surface area contributed by atoms with Gasteiger partial charge in [-0.3, -0.25) is 0 Å². The lowest BCUT2D eigenvalue weighted by atomic mass is 9.96. The number of nitrogens with one attached hydrogen (secondary N) is 1. The first-order valence-electron chi connectivity index (χ1n) is 8.91. The Morgan fingerprint density at radius 1 is 1.09 bits per heavy atom. The number of fused-ring (bicyclic) bond motifs is 1. The molecule has 2 aromatic rings. The highest BCUT2D eigenvalue weighted by molar-refractivity contribution is 5.83. The quantitative estimate of drug-likeness (QED) is 0.841. The van der Waals surface area contributed by atoms with Crippen molar-refractivity contribution in [3.8, 4) is 0 Å². The predicted molar refractivity (Wildman–Crippen MR) is 94.9 cm³/mol. The summed E-state index contributed by atoms with van der Waals surface area (Å²) in [5.41, 5.74) is 3.77. The molecule has 3 nitrogen and oxygen atoms in total. The van der Waals surface area contributed by atoms with Crippen molar-refractivity contribution in [3.05, 3.63) is 45.3 Å². The van der Waals surface area contributed by atoms with Gasteiger partial charge in [-0.25, -0.2) is 4.79 Å². The van der Waals surface area contributed by atoms with Crippen LogP contribution in [0, 0.1) is 13.8 Å². The van der Waals surface area contributed by atoms with Gasteiger partial charge in [0.05, 0.1) is 0 Å². The smallest absolute Gasteiger partial charge is 0.336 e. The van der Waals surface area contributed by atoms with Crippen LogP contribution < -0.4 is 10.9 Å². The highest BCUT2D eigenvalue weighted by Gasteiger charge is 2.13. The van der Waals surface area contributed by atoms with Gasteiger partial charge in [0.1, 0.15) is 5.58 Å². The Labute approximate surface area is 138 Å². The van der Waals surface area contributed by atoms with Gasteiger partial charge in [-0.2, -0.15) is 0 Å². The largest absolute Gasteiger partial charge is 0.422 e. The number of rotatable bonds is 3. The summed E-state index contributed by atoms with van der Waals surface area (Å²) in [7, 11) is 0. The average Bonchev–Trinajstić information content (AvgIpc) is 2.50. The molecule has 3 heteroatoms. The summed E-state index contributed by atoms with van der Waals surface area (Å²) in [5, 5.41) is 4.74. The van der Waals surface area contributed by atoms with Crippen LogP contribution >= 0.6 is 0 Å². The van der Waals surface area contributed by atoms with Crippen LogP contribution in [0.4, 0.5) is 0 Å². The molecule has 1 aliphatic carbocycles. The highest BCUT2D eigenvalue weighted by atomic mass is 16.4. The van der Waals surface area contributed by atoms with Crippen LogP contribution in [0.1, 0.15) is 61.6 Å². The molecule has 0 spiro atoms. The summed E-state index contributed by atoms with van der Waals surface area (Å²) in [5.74, 6) is 0. The Kier molecular flexibility index (Phi) is 5.16. The summed E-state index contributed by atoms with van der Waals surface area (Å²) in [6.07, 6.45) is 9.22. The van der Waals surface area contributed by atoms with E-state index in [9.17, 15) is 4.79 Å². The molecule has 0 unspecified atom stereocenters. The summed E-state index contributed by atoms with van der Waals surface area (Å²) in [6, 6.07) is 6.41. The van der Waals surface area contributed by atoms with E-state index in [2.05, 4.69) is 17.4 Å². The Morgan fingerprint density at radius 2 is 1.78 bits per heavy atom. The first kappa shape index (κ1) is 16.3. The molecule has 1 N–H and O–H groups in total. The van der Waals surface area contributed by atoms with E-state index in [4.69, 9.17) is 4.42 Å². The van der Waals surface area contributed by atoms with Crippen LogP contribution in [-0.2, 0) is 6.54 Å². The second-order valence-electron chi connectivity index (χ2n) is 6.90. The van der Waals surface area contributed by atoms with Gasteiger partial charge >= 0.3 is 5.63 Å². The summed E-state index contributed by atoms with van der Waals surface area (Å²) in [6.45, 7) is 4.82. The molecule has 0 aliphatic heterocycles. The van der Waals surface area contributed by atoms with Gasteiger partial charge in [0.25, 0.3) is 0 Å². The second kappa shape index (κ2) is 7.31. The molecule has 0 saturated heterocycles. The van der Waals surface area contributed by atoms with Crippen molar-refractivity contribution in [1.29, 1.82) is 0 Å². The molecule has 3 rings (SSSR count). The van der Waals surface area contributed by atoms with E-state index in [-0.39, 0.29) is 5.63 Å². The maximum absolute atomic E-state index is 11.9. The molecule has 0 bridgehead atoms. The lowest BCUT2D eigenvalue weighted by molar-refractivity contribution is 0.389. The third-order valence-electron chi connectivity index (χ3n) is 5.20. The molecule has 124 valence electrons. The van der Waals surface area contributed by atoms with E-state index in [1.54, 1.807) is 6.07 Å². The van der Waals surface area contributed by atoms with E-state index >= 15 is 0 Å². The van der Waals surface area contributed by atoms with Crippen molar-refractivity contribution in [2.24, 2.45) is 0 Å². The maximum atomic E-state index is 11.9. The summed E-state index contributed by atoms with van der Waals surface area (Å²) in [4.78, 5) is 11.9. The summed E-state index contributed by atoms with van der Waals surface area (Å²) < 4.78 is 5.46. The monoisotopic (exact) mass is 313 g/mol. The van der Waals surface area contributed by atoms with Crippen molar-refractivity contribution in [3.63, 3.8) is 0 Å². The van der Waals surface area contributed by atoms with Crippen LogP contribution in [0.5, 0.6) is 0 Å². The van der Waals surface area contributed by atoms with E-state index in [1.165, 1.54) is 44.9 Å². The van der Waals surface area contributed by atoms with Gasteiger partial charge in [-0.1, -0.05) is 44.2 Å².